The largest absolute Gasteiger partial charge is 0.433 e. The van der Waals surface area contributed by atoms with Gasteiger partial charge in [-0.2, -0.15) is 18.3 Å². The number of hydrogen-bond donors (Lipinski definition) is 2. The summed E-state index contributed by atoms with van der Waals surface area (Å²) in [6.45, 7) is 0. The number of aromatic amines is 1. The fourth-order valence-corrected chi connectivity index (χ4v) is 1.59. The van der Waals surface area contributed by atoms with Gasteiger partial charge in [-0.1, -0.05) is 30.3 Å². The molecule has 0 saturated carbocycles. The number of nitrogens with zero attached hydrogens (tertiary/aromatic N) is 1. The van der Waals surface area contributed by atoms with Crippen LogP contribution < -0.4 is 5.73 Å². The normalized spacial score (nSPS) is 11.7. The van der Waals surface area contributed by atoms with Gasteiger partial charge in [-0.3, -0.25) is 5.10 Å². The second-order valence-electron chi connectivity index (χ2n) is 3.62. The molecule has 2 rings (SSSR count). The van der Waals surface area contributed by atoms with Crippen LogP contribution in [0.5, 0.6) is 0 Å². The van der Waals surface area contributed by atoms with E-state index in [2.05, 4.69) is 5.10 Å². The number of halogens is 3. The fraction of sp³-hybridized carbons (Fsp3) is 0.182. The van der Waals surface area contributed by atoms with Crippen LogP contribution >= 0.6 is 0 Å². The lowest BCUT2D eigenvalue weighted by molar-refractivity contribution is -0.141. The Hall–Kier alpha value is -1.98. The molecule has 0 aliphatic rings. The van der Waals surface area contributed by atoms with Crippen molar-refractivity contribution in [1.82, 2.24) is 10.2 Å². The summed E-state index contributed by atoms with van der Waals surface area (Å²) in [5, 5.41) is 5.35. The summed E-state index contributed by atoms with van der Waals surface area (Å²) < 4.78 is 37.9. The highest BCUT2D eigenvalue weighted by Gasteiger charge is 2.36. The topological polar surface area (TPSA) is 54.7 Å². The first kappa shape index (κ1) is 11.5. The molecular formula is C11H10F3N3. The Labute approximate surface area is 95.5 Å². The van der Waals surface area contributed by atoms with Gasteiger partial charge >= 0.3 is 6.18 Å². The Morgan fingerprint density at radius 2 is 1.82 bits per heavy atom. The summed E-state index contributed by atoms with van der Waals surface area (Å²) in [7, 11) is 0. The van der Waals surface area contributed by atoms with Crippen LogP contribution in [0, 0.1) is 0 Å². The van der Waals surface area contributed by atoms with E-state index in [0.29, 0.717) is 0 Å². The van der Waals surface area contributed by atoms with Crippen molar-refractivity contribution in [3.05, 3.63) is 47.2 Å². The van der Waals surface area contributed by atoms with Gasteiger partial charge in [0.05, 0.1) is 0 Å². The molecule has 90 valence electrons. The van der Waals surface area contributed by atoms with E-state index in [4.69, 9.17) is 5.73 Å². The number of anilines is 1. The van der Waals surface area contributed by atoms with Crippen molar-refractivity contribution in [3.63, 3.8) is 0 Å². The molecule has 0 aliphatic heterocycles. The third-order valence-corrected chi connectivity index (χ3v) is 2.41. The molecule has 0 aliphatic carbocycles. The summed E-state index contributed by atoms with van der Waals surface area (Å²) >= 11 is 0. The van der Waals surface area contributed by atoms with Gasteiger partial charge in [-0.05, 0) is 5.56 Å². The highest BCUT2D eigenvalue weighted by Crippen LogP contribution is 2.33. The van der Waals surface area contributed by atoms with Crippen LogP contribution in [0.3, 0.4) is 0 Å². The van der Waals surface area contributed by atoms with Crippen molar-refractivity contribution < 1.29 is 13.2 Å². The van der Waals surface area contributed by atoms with Gasteiger partial charge in [0.25, 0.3) is 0 Å². The van der Waals surface area contributed by atoms with Gasteiger partial charge in [-0.15, -0.1) is 0 Å². The van der Waals surface area contributed by atoms with Gasteiger partial charge in [0.1, 0.15) is 11.5 Å². The van der Waals surface area contributed by atoms with Crippen molar-refractivity contribution in [1.29, 1.82) is 0 Å². The lowest BCUT2D eigenvalue weighted by Gasteiger charge is -2.07. The maximum atomic E-state index is 12.6. The second-order valence-corrected chi connectivity index (χ2v) is 3.62. The molecule has 1 aromatic heterocycles. The summed E-state index contributed by atoms with van der Waals surface area (Å²) in [6, 6.07) is 8.81. The van der Waals surface area contributed by atoms with Gasteiger partial charge in [-0.25, -0.2) is 0 Å². The van der Waals surface area contributed by atoms with Crippen LogP contribution in [0.15, 0.2) is 30.3 Å². The Morgan fingerprint density at radius 3 is 2.41 bits per heavy atom. The summed E-state index contributed by atoms with van der Waals surface area (Å²) in [5.41, 5.74) is 5.31. The highest BCUT2D eigenvalue weighted by molar-refractivity contribution is 5.46. The third-order valence-electron chi connectivity index (χ3n) is 2.41. The fourth-order valence-electron chi connectivity index (χ4n) is 1.59. The molecule has 0 unspecified atom stereocenters. The lowest BCUT2D eigenvalue weighted by atomic mass is 10.0. The van der Waals surface area contributed by atoms with E-state index >= 15 is 0 Å². The molecule has 1 heterocycles. The lowest BCUT2D eigenvalue weighted by Crippen LogP contribution is -2.09. The van der Waals surface area contributed by atoms with Crippen LogP contribution in [0.25, 0.3) is 0 Å². The van der Waals surface area contributed by atoms with Gasteiger partial charge in [0, 0.05) is 12.0 Å². The average Bonchev–Trinajstić information content (AvgIpc) is 2.62. The standard InChI is InChI=1S/C11H10F3N3/c12-11(13,14)9-8(10(15)17-16-9)6-7-4-2-1-3-5-7/h1-5H,6H2,(H3,15,16,17). The van der Waals surface area contributed by atoms with Crippen molar-refractivity contribution in [2.24, 2.45) is 0 Å². The zero-order chi connectivity index (χ0) is 12.5. The second kappa shape index (κ2) is 4.12. The summed E-state index contributed by atoms with van der Waals surface area (Å²) in [6.07, 6.45) is -4.35. The van der Waals surface area contributed by atoms with Crippen molar-refractivity contribution in [3.8, 4) is 0 Å². The smallest absolute Gasteiger partial charge is 0.382 e. The third kappa shape index (κ3) is 2.41. The number of aromatic nitrogens is 2. The van der Waals surface area contributed by atoms with E-state index in [1.54, 1.807) is 30.3 Å². The maximum absolute atomic E-state index is 12.6. The van der Waals surface area contributed by atoms with E-state index in [9.17, 15) is 13.2 Å². The monoisotopic (exact) mass is 241 g/mol. The molecule has 0 fully saturated rings. The minimum Gasteiger partial charge on any atom is -0.382 e. The van der Waals surface area contributed by atoms with Crippen molar-refractivity contribution in [2.45, 2.75) is 12.6 Å². The number of rotatable bonds is 2. The first-order chi connectivity index (χ1) is 7.98. The molecule has 6 heteroatoms. The first-order valence-electron chi connectivity index (χ1n) is 4.92. The van der Waals surface area contributed by atoms with Crippen LogP contribution in [0.2, 0.25) is 0 Å². The van der Waals surface area contributed by atoms with Gasteiger partial charge in [0.15, 0.2) is 0 Å². The van der Waals surface area contributed by atoms with Crippen molar-refractivity contribution in [2.75, 3.05) is 5.73 Å². The van der Waals surface area contributed by atoms with E-state index in [0.717, 1.165) is 5.56 Å². The molecule has 1 aromatic carbocycles. The molecular weight excluding hydrogens is 231 g/mol. The van der Waals surface area contributed by atoms with Gasteiger partial charge < -0.3 is 5.73 Å². The summed E-state index contributed by atoms with van der Waals surface area (Å²) in [5.74, 6) is -0.110. The molecule has 0 spiro atoms. The number of nitrogens with two attached hydrogens (primary N) is 1. The zero-order valence-corrected chi connectivity index (χ0v) is 8.75. The predicted octanol–water partition coefficient (Wildman–Crippen LogP) is 2.60. The Balaban J connectivity index is 2.36. The molecule has 0 atom stereocenters. The van der Waals surface area contributed by atoms with E-state index in [1.165, 1.54) is 0 Å². The predicted molar refractivity (Wildman–Crippen MR) is 57.3 cm³/mol. The Morgan fingerprint density at radius 1 is 1.18 bits per heavy atom. The van der Waals surface area contributed by atoms with E-state index < -0.39 is 11.9 Å². The SMILES string of the molecule is Nc1n[nH]c(C(F)(F)F)c1Cc1ccccc1. The number of benzene rings is 1. The van der Waals surface area contributed by atoms with Crippen LogP contribution in [0.4, 0.5) is 19.0 Å². The molecule has 3 nitrogen and oxygen atoms in total. The molecule has 17 heavy (non-hydrogen) atoms. The number of H-pyrrole nitrogens is 1. The first-order valence-corrected chi connectivity index (χ1v) is 4.92. The zero-order valence-electron chi connectivity index (χ0n) is 8.75. The van der Waals surface area contributed by atoms with Crippen LogP contribution in [0.1, 0.15) is 16.8 Å². The Bertz CT molecular complexity index is 502. The van der Waals surface area contributed by atoms with Crippen LogP contribution in [-0.2, 0) is 12.6 Å². The quantitative estimate of drug-likeness (QED) is 0.849. The van der Waals surface area contributed by atoms with Crippen LogP contribution in [-0.4, -0.2) is 10.2 Å². The molecule has 0 amide bonds. The molecule has 0 bridgehead atoms. The average molecular weight is 241 g/mol. The van der Waals surface area contributed by atoms with Crippen molar-refractivity contribution >= 4 is 5.82 Å². The van der Waals surface area contributed by atoms with Gasteiger partial charge in [0.2, 0.25) is 0 Å². The molecule has 2 aromatic rings. The highest BCUT2D eigenvalue weighted by atomic mass is 19.4. The minimum absolute atomic E-state index is 0.0105. The number of alkyl halides is 3. The number of nitrogen functional groups attached to an aromatic ring is 1. The molecule has 0 saturated heterocycles. The maximum Gasteiger partial charge on any atom is 0.433 e. The summed E-state index contributed by atoms with van der Waals surface area (Å²) in [4.78, 5) is 0. The molecule has 0 radical (unpaired) electrons. The van der Waals surface area contributed by atoms with E-state index in [1.807, 2.05) is 5.10 Å². The minimum atomic E-state index is -4.46. The molecule has 3 N–H and O–H groups in total. The number of hydrogen-bond acceptors (Lipinski definition) is 2. The van der Waals surface area contributed by atoms with E-state index in [-0.39, 0.29) is 17.8 Å². The Kier molecular flexibility index (Phi) is 2.79. The number of nitrogens with one attached hydrogen (secondary N) is 1.